The molecule has 2 saturated heterocycles. The molecule has 1 aromatic rings. The molecule has 2 heterocycles. The molecule has 2 aliphatic heterocycles. The number of carbonyl (C=O) groups is 2. The fourth-order valence-corrected chi connectivity index (χ4v) is 5.16. The Labute approximate surface area is 180 Å². The molecule has 0 aliphatic carbocycles. The fraction of sp³-hybridized carbons (Fsp3) is 0.667. The second-order valence-electron chi connectivity index (χ2n) is 8.93. The summed E-state index contributed by atoms with van der Waals surface area (Å²) in [5, 5.41) is 0. The molecule has 0 aromatic heterocycles. The Morgan fingerprint density at radius 2 is 1.13 bits per heavy atom. The predicted octanol–water partition coefficient (Wildman–Crippen LogP) is 3.26. The van der Waals surface area contributed by atoms with Crippen molar-refractivity contribution in [3.05, 3.63) is 35.4 Å². The summed E-state index contributed by atoms with van der Waals surface area (Å²) >= 11 is 0. The lowest BCUT2D eigenvalue weighted by atomic mass is 10.0. The number of piperidine rings is 2. The van der Waals surface area contributed by atoms with Crippen LogP contribution in [0.1, 0.15) is 59.2 Å². The summed E-state index contributed by atoms with van der Waals surface area (Å²) in [6.45, 7) is 5.95. The zero-order valence-electron chi connectivity index (χ0n) is 18.7. The molecule has 166 valence electrons. The zero-order chi connectivity index (χ0) is 21.5. The molecule has 2 fully saturated rings. The minimum atomic E-state index is 0.128. The zero-order valence-corrected chi connectivity index (χ0v) is 18.7. The maximum absolute atomic E-state index is 13.6. The SMILES string of the molecule is COCC[N+]1(C(=O)c2cccc(C(=O)[N+]3(CCOC)CCCCC3)c2)CCCCC1. The number of methoxy groups -OCH3 is 2. The van der Waals surface area contributed by atoms with Crippen molar-refractivity contribution in [3.8, 4) is 0 Å². The number of carbonyl (C=O) groups excluding carboxylic acids is 2. The molecule has 0 bridgehead atoms. The van der Waals surface area contributed by atoms with Gasteiger partial charge in [0.05, 0.1) is 50.5 Å². The van der Waals surface area contributed by atoms with Gasteiger partial charge in [0.1, 0.15) is 13.1 Å². The van der Waals surface area contributed by atoms with Crippen molar-refractivity contribution >= 4 is 11.8 Å². The summed E-state index contributed by atoms with van der Waals surface area (Å²) < 4.78 is 11.5. The van der Waals surface area contributed by atoms with Crippen LogP contribution in [0.2, 0.25) is 0 Å². The summed E-state index contributed by atoms with van der Waals surface area (Å²) in [5.41, 5.74) is 1.31. The molecule has 0 radical (unpaired) electrons. The predicted molar refractivity (Wildman–Crippen MR) is 116 cm³/mol. The average Bonchev–Trinajstić information content (AvgIpc) is 2.81. The van der Waals surface area contributed by atoms with E-state index in [0.717, 1.165) is 51.9 Å². The van der Waals surface area contributed by atoms with Gasteiger partial charge in [0.15, 0.2) is 0 Å². The van der Waals surface area contributed by atoms with Crippen LogP contribution >= 0.6 is 0 Å². The number of rotatable bonds is 8. The smallest absolute Gasteiger partial charge is 0.346 e. The fourth-order valence-electron chi connectivity index (χ4n) is 5.16. The van der Waals surface area contributed by atoms with E-state index in [4.69, 9.17) is 9.47 Å². The Morgan fingerprint density at radius 3 is 1.50 bits per heavy atom. The Balaban J connectivity index is 1.86. The van der Waals surface area contributed by atoms with Crippen molar-refractivity contribution in [1.82, 2.24) is 0 Å². The summed E-state index contributed by atoms with van der Waals surface area (Å²) in [5.74, 6) is 0.256. The molecular formula is C24H38N2O4+2. The highest BCUT2D eigenvalue weighted by atomic mass is 16.5. The number of hydrogen-bond acceptors (Lipinski definition) is 4. The van der Waals surface area contributed by atoms with Crippen molar-refractivity contribution in [2.24, 2.45) is 0 Å². The number of ether oxygens (including phenoxy) is 2. The van der Waals surface area contributed by atoms with E-state index in [-0.39, 0.29) is 11.8 Å². The topological polar surface area (TPSA) is 52.6 Å². The van der Waals surface area contributed by atoms with Crippen LogP contribution in [0.4, 0.5) is 0 Å². The number of benzene rings is 1. The van der Waals surface area contributed by atoms with Crippen LogP contribution < -0.4 is 0 Å². The molecule has 1 aromatic carbocycles. The molecule has 2 aliphatic rings. The minimum absolute atomic E-state index is 0.128. The molecular weight excluding hydrogens is 380 g/mol. The lowest BCUT2D eigenvalue weighted by Crippen LogP contribution is -2.58. The summed E-state index contributed by atoms with van der Waals surface area (Å²) in [4.78, 5) is 27.2. The minimum Gasteiger partial charge on any atom is -0.379 e. The standard InChI is InChI=1S/C24H38N2O4/c1-29-18-16-25(12-5-3-6-13-25)23(27)21-10-9-11-22(20-21)24(28)26(17-19-30-2)14-7-4-8-15-26/h9-11,20H,3-8,12-19H2,1-2H3/q+2. The third kappa shape index (κ3) is 4.99. The van der Waals surface area contributed by atoms with E-state index < -0.39 is 0 Å². The Kier molecular flexibility index (Phi) is 8.17. The quantitative estimate of drug-likeness (QED) is 0.608. The van der Waals surface area contributed by atoms with Crippen LogP contribution in [0.15, 0.2) is 24.3 Å². The van der Waals surface area contributed by atoms with E-state index in [1.54, 1.807) is 14.2 Å². The van der Waals surface area contributed by atoms with E-state index in [1.165, 1.54) is 12.8 Å². The van der Waals surface area contributed by atoms with Crippen LogP contribution in [-0.2, 0) is 9.47 Å². The van der Waals surface area contributed by atoms with Gasteiger partial charge in [-0.25, -0.2) is 9.59 Å². The first-order valence-corrected chi connectivity index (χ1v) is 11.5. The van der Waals surface area contributed by atoms with Gasteiger partial charge in [-0.3, -0.25) is 8.97 Å². The van der Waals surface area contributed by atoms with Gasteiger partial charge in [0, 0.05) is 14.2 Å². The van der Waals surface area contributed by atoms with Crippen LogP contribution in [0.3, 0.4) is 0 Å². The lowest BCUT2D eigenvalue weighted by Gasteiger charge is -2.39. The summed E-state index contributed by atoms with van der Waals surface area (Å²) in [7, 11) is 3.37. The van der Waals surface area contributed by atoms with Crippen LogP contribution in [0.25, 0.3) is 0 Å². The first-order valence-electron chi connectivity index (χ1n) is 11.5. The lowest BCUT2D eigenvalue weighted by molar-refractivity contribution is -0.855. The van der Waals surface area contributed by atoms with Crippen molar-refractivity contribution in [2.45, 2.75) is 38.5 Å². The molecule has 0 unspecified atom stereocenters. The van der Waals surface area contributed by atoms with Gasteiger partial charge < -0.3 is 9.47 Å². The van der Waals surface area contributed by atoms with Crippen LogP contribution in [0, 0.1) is 0 Å². The van der Waals surface area contributed by atoms with Gasteiger partial charge in [0.2, 0.25) is 0 Å². The van der Waals surface area contributed by atoms with Crippen molar-refractivity contribution < 1.29 is 28.0 Å². The maximum Gasteiger partial charge on any atom is 0.346 e. The Hall–Kier alpha value is -1.60. The van der Waals surface area contributed by atoms with Crippen molar-refractivity contribution in [3.63, 3.8) is 0 Å². The van der Waals surface area contributed by atoms with Gasteiger partial charge in [-0.05, 0) is 56.7 Å². The summed E-state index contributed by atoms with van der Waals surface area (Å²) in [6, 6.07) is 7.45. The second kappa shape index (κ2) is 10.6. The monoisotopic (exact) mass is 418 g/mol. The molecule has 0 atom stereocenters. The van der Waals surface area contributed by atoms with E-state index in [0.29, 0.717) is 46.4 Å². The highest BCUT2D eigenvalue weighted by Gasteiger charge is 2.41. The third-order valence-electron chi connectivity index (χ3n) is 7.01. The molecule has 0 spiro atoms. The number of nitrogens with zero attached hydrogens (tertiary/aromatic N) is 2. The molecule has 0 N–H and O–H groups in total. The highest BCUT2D eigenvalue weighted by Crippen LogP contribution is 2.26. The second-order valence-corrected chi connectivity index (χ2v) is 8.93. The maximum atomic E-state index is 13.6. The van der Waals surface area contributed by atoms with Crippen molar-refractivity contribution in [2.75, 3.05) is 66.7 Å². The molecule has 0 saturated carbocycles. The molecule has 6 nitrogen and oxygen atoms in total. The summed E-state index contributed by atoms with van der Waals surface area (Å²) in [6.07, 6.45) is 6.60. The molecule has 6 heteroatoms. The number of hydrogen-bond donors (Lipinski definition) is 0. The molecule has 3 rings (SSSR count). The van der Waals surface area contributed by atoms with Gasteiger partial charge in [-0.15, -0.1) is 0 Å². The van der Waals surface area contributed by atoms with E-state index in [2.05, 4.69) is 0 Å². The molecule has 2 amide bonds. The average molecular weight is 419 g/mol. The Bertz CT molecular complexity index is 664. The number of amides is 2. The number of likely N-dealkylation sites (tertiary alicyclic amines) is 2. The van der Waals surface area contributed by atoms with Gasteiger partial charge in [0.25, 0.3) is 0 Å². The molecule has 30 heavy (non-hydrogen) atoms. The van der Waals surface area contributed by atoms with E-state index in [9.17, 15) is 9.59 Å². The van der Waals surface area contributed by atoms with Gasteiger partial charge in [-0.1, -0.05) is 6.07 Å². The number of quaternary nitrogens is 2. The first kappa shape index (κ1) is 23.1. The van der Waals surface area contributed by atoms with E-state index >= 15 is 0 Å². The first-order chi connectivity index (χ1) is 14.6. The normalized spacial score (nSPS) is 20.6. The Morgan fingerprint density at radius 1 is 0.733 bits per heavy atom. The van der Waals surface area contributed by atoms with Gasteiger partial charge in [-0.2, -0.15) is 0 Å². The third-order valence-corrected chi connectivity index (χ3v) is 7.01. The van der Waals surface area contributed by atoms with Crippen molar-refractivity contribution in [1.29, 1.82) is 0 Å². The highest BCUT2D eigenvalue weighted by molar-refractivity contribution is 5.95. The van der Waals surface area contributed by atoms with Gasteiger partial charge >= 0.3 is 11.8 Å². The van der Waals surface area contributed by atoms with Crippen LogP contribution in [-0.4, -0.2) is 87.5 Å². The van der Waals surface area contributed by atoms with E-state index in [1.807, 2.05) is 24.3 Å². The largest absolute Gasteiger partial charge is 0.379 e. The van der Waals surface area contributed by atoms with Crippen LogP contribution in [0.5, 0.6) is 0 Å².